The summed E-state index contributed by atoms with van der Waals surface area (Å²) in [6.07, 6.45) is 5.35. The maximum Gasteiger partial charge on any atom is 0.266 e. The predicted molar refractivity (Wildman–Crippen MR) is 97.8 cm³/mol. The highest BCUT2D eigenvalue weighted by Crippen LogP contribution is 2.22. The van der Waals surface area contributed by atoms with Crippen LogP contribution >= 0.6 is 11.3 Å². The van der Waals surface area contributed by atoms with Gasteiger partial charge in [0.25, 0.3) is 5.56 Å². The number of likely N-dealkylation sites (tertiary alicyclic amines) is 1. The fraction of sp³-hybridized carbons (Fsp3) is 0.588. The van der Waals surface area contributed by atoms with E-state index in [0.29, 0.717) is 12.6 Å². The average Bonchev–Trinajstić information content (AvgIpc) is 2.91. The van der Waals surface area contributed by atoms with E-state index >= 15 is 0 Å². The van der Waals surface area contributed by atoms with Crippen LogP contribution in [0.4, 0.5) is 5.13 Å². The van der Waals surface area contributed by atoms with Crippen LogP contribution in [-0.2, 0) is 6.54 Å². The molecule has 0 amide bonds. The van der Waals surface area contributed by atoms with Crippen LogP contribution in [-0.4, -0.2) is 45.3 Å². The third kappa shape index (κ3) is 4.21. The molecule has 0 spiro atoms. The number of piperidine rings is 1. The molecule has 1 fully saturated rings. The molecule has 0 aromatic carbocycles. The van der Waals surface area contributed by atoms with Crippen molar-refractivity contribution >= 4 is 16.5 Å². The zero-order valence-corrected chi connectivity index (χ0v) is 15.2. The molecule has 2 aromatic rings. The Labute approximate surface area is 146 Å². The monoisotopic (exact) mass is 347 g/mol. The first-order valence-electron chi connectivity index (χ1n) is 8.57. The van der Waals surface area contributed by atoms with E-state index in [4.69, 9.17) is 0 Å². The predicted octanol–water partition coefficient (Wildman–Crippen LogP) is 2.28. The van der Waals surface area contributed by atoms with Gasteiger partial charge in [0.2, 0.25) is 0 Å². The number of hydrogen-bond acceptors (Lipinski definition) is 6. The molecular weight excluding hydrogens is 322 g/mol. The summed E-state index contributed by atoms with van der Waals surface area (Å²) in [5.74, 6) is 0. The van der Waals surface area contributed by atoms with Crippen molar-refractivity contribution in [2.45, 2.75) is 45.7 Å². The van der Waals surface area contributed by atoms with Crippen LogP contribution in [0.3, 0.4) is 0 Å². The number of nitrogens with one attached hydrogen (secondary N) is 1. The van der Waals surface area contributed by atoms with Gasteiger partial charge in [0, 0.05) is 36.3 Å². The van der Waals surface area contributed by atoms with Crippen molar-refractivity contribution in [3.63, 3.8) is 0 Å². The molecule has 7 heteroatoms. The summed E-state index contributed by atoms with van der Waals surface area (Å²) in [4.78, 5) is 20.1. The maximum atomic E-state index is 11.8. The van der Waals surface area contributed by atoms with Gasteiger partial charge in [0.05, 0.1) is 12.2 Å². The van der Waals surface area contributed by atoms with E-state index in [1.165, 1.54) is 24.1 Å². The van der Waals surface area contributed by atoms with Gasteiger partial charge in [0.1, 0.15) is 0 Å². The molecule has 1 atom stereocenters. The number of nitrogens with zero attached hydrogens (tertiary/aromatic N) is 4. The smallest absolute Gasteiger partial charge is 0.266 e. The highest BCUT2D eigenvalue weighted by molar-refractivity contribution is 7.15. The fourth-order valence-electron chi connectivity index (χ4n) is 3.12. The second kappa shape index (κ2) is 7.90. The SMILES string of the molecule is Cc1nc(NCC2CCCCN2CCn2ncccc2=O)sc1C. The zero-order valence-electron chi connectivity index (χ0n) is 14.4. The van der Waals surface area contributed by atoms with E-state index in [-0.39, 0.29) is 5.56 Å². The van der Waals surface area contributed by atoms with Gasteiger partial charge < -0.3 is 5.32 Å². The highest BCUT2D eigenvalue weighted by atomic mass is 32.1. The van der Waals surface area contributed by atoms with E-state index in [2.05, 4.69) is 34.1 Å². The Morgan fingerprint density at radius 3 is 2.96 bits per heavy atom. The first-order valence-corrected chi connectivity index (χ1v) is 9.39. The minimum Gasteiger partial charge on any atom is -0.360 e. The van der Waals surface area contributed by atoms with Gasteiger partial charge in [-0.3, -0.25) is 9.69 Å². The average molecular weight is 347 g/mol. The van der Waals surface area contributed by atoms with Crippen LogP contribution in [0, 0.1) is 13.8 Å². The molecular formula is C17H25N5OS. The molecule has 0 radical (unpaired) electrons. The zero-order chi connectivity index (χ0) is 16.9. The van der Waals surface area contributed by atoms with E-state index in [1.54, 1.807) is 34.3 Å². The summed E-state index contributed by atoms with van der Waals surface area (Å²) in [6, 6.07) is 3.74. The molecule has 1 unspecified atom stereocenters. The van der Waals surface area contributed by atoms with Crippen molar-refractivity contribution in [2.24, 2.45) is 0 Å². The van der Waals surface area contributed by atoms with Gasteiger partial charge in [0.15, 0.2) is 5.13 Å². The van der Waals surface area contributed by atoms with Gasteiger partial charge in [-0.05, 0) is 39.3 Å². The van der Waals surface area contributed by atoms with E-state index in [9.17, 15) is 4.79 Å². The van der Waals surface area contributed by atoms with E-state index < -0.39 is 0 Å². The second-order valence-corrected chi connectivity index (χ2v) is 7.52. The fourth-order valence-corrected chi connectivity index (χ4v) is 3.94. The largest absolute Gasteiger partial charge is 0.360 e. The lowest BCUT2D eigenvalue weighted by atomic mass is 10.0. The molecule has 0 aliphatic carbocycles. The van der Waals surface area contributed by atoms with Crippen molar-refractivity contribution in [1.29, 1.82) is 0 Å². The normalized spacial score (nSPS) is 18.7. The molecule has 0 bridgehead atoms. The third-order valence-electron chi connectivity index (χ3n) is 4.65. The minimum absolute atomic E-state index is 0.0297. The van der Waals surface area contributed by atoms with Gasteiger partial charge in [-0.15, -0.1) is 11.3 Å². The Hall–Kier alpha value is -1.73. The molecule has 3 heterocycles. The Bertz CT molecular complexity index is 706. The Morgan fingerprint density at radius 1 is 1.33 bits per heavy atom. The molecule has 1 aliphatic rings. The molecule has 1 N–H and O–H groups in total. The van der Waals surface area contributed by atoms with Crippen LogP contribution in [0.25, 0.3) is 0 Å². The third-order valence-corrected chi connectivity index (χ3v) is 5.68. The van der Waals surface area contributed by atoms with Crippen molar-refractivity contribution in [2.75, 3.05) is 25.0 Å². The Morgan fingerprint density at radius 2 is 2.21 bits per heavy atom. The lowest BCUT2D eigenvalue weighted by molar-refractivity contribution is 0.148. The first kappa shape index (κ1) is 17.1. The number of thiazole rings is 1. The van der Waals surface area contributed by atoms with Gasteiger partial charge >= 0.3 is 0 Å². The molecule has 0 saturated carbocycles. The van der Waals surface area contributed by atoms with E-state index in [1.807, 2.05) is 0 Å². The minimum atomic E-state index is -0.0297. The number of anilines is 1. The second-order valence-electron chi connectivity index (χ2n) is 6.31. The quantitative estimate of drug-likeness (QED) is 0.869. The summed E-state index contributed by atoms with van der Waals surface area (Å²) in [5.41, 5.74) is 1.08. The van der Waals surface area contributed by atoms with Crippen LogP contribution in [0.2, 0.25) is 0 Å². The summed E-state index contributed by atoms with van der Waals surface area (Å²) in [5, 5.41) is 8.66. The topological polar surface area (TPSA) is 63.1 Å². The van der Waals surface area contributed by atoms with Crippen molar-refractivity contribution in [1.82, 2.24) is 19.7 Å². The Balaban J connectivity index is 1.57. The van der Waals surface area contributed by atoms with Crippen molar-refractivity contribution in [3.8, 4) is 0 Å². The van der Waals surface area contributed by atoms with Crippen LogP contribution < -0.4 is 10.9 Å². The Kier molecular flexibility index (Phi) is 5.63. The van der Waals surface area contributed by atoms with Crippen molar-refractivity contribution < 1.29 is 0 Å². The lowest BCUT2D eigenvalue weighted by Gasteiger charge is -2.35. The highest BCUT2D eigenvalue weighted by Gasteiger charge is 2.22. The molecule has 24 heavy (non-hydrogen) atoms. The van der Waals surface area contributed by atoms with Crippen molar-refractivity contribution in [3.05, 3.63) is 39.3 Å². The summed E-state index contributed by atoms with van der Waals surface area (Å²) in [7, 11) is 0. The first-order chi connectivity index (χ1) is 11.6. The number of hydrogen-bond donors (Lipinski definition) is 1. The van der Waals surface area contributed by atoms with Gasteiger partial charge in [-0.2, -0.15) is 5.10 Å². The molecule has 1 aliphatic heterocycles. The number of rotatable bonds is 6. The molecule has 6 nitrogen and oxygen atoms in total. The summed E-state index contributed by atoms with van der Waals surface area (Å²) in [6.45, 7) is 7.66. The summed E-state index contributed by atoms with van der Waals surface area (Å²) < 4.78 is 1.55. The van der Waals surface area contributed by atoms with Crippen LogP contribution in [0.1, 0.15) is 29.8 Å². The standard InChI is InChI=1S/C17H25N5OS/c1-13-14(2)24-17(20-13)18-12-15-6-3-4-9-21(15)10-11-22-16(23)7-5-8-19-22/h5,7-8,15H,3-4,6,9-12H2,1-2H3,(H,18,20). The molecule has 130 valence electrons. The molecule has 1 saturated heterocycles. The summed E-state index contributed by atoms with van der Waals surface area (Å²) >= 11 is 1.72. The molecule has 3 rings (SSSR count). The van der Waals surface area contributed by atoms with Gasteiger partial charge in [-0.1, -0.05) is 6.42 Å². The number of aryl methyl sites for hydroxylation is 2. The lowest BCUT2D eigenvalue weighted by Crippen LogP contribution is -2.45. The number of aromatic nitrogens is 3. The van der Waals surface area contributed by atoms with E-state index in [0.717, 1.165) is 30.5 Å². The maximum absolute atomic E-state index is 11.8. The van der Waals surface area contributed by atoms with Gasteiger partial charge in [-0.25, -0.2) is 9.67 Å². The molecule has 2 aromatic heterocycles. The van der Waals surface area contributed by atoms with Crippen LogP contribution in [0.5, 0.6) is 0 Å². The van der Waals surface area contributed by atoms with Crippen LogP contribution in [0.15, 0.2) is 23.1 Å².